The van der Waals surface area contributed by atoms with Gasteiger partial charge in [-0.3, -0.25) is 4.79 Å². The molecule has 2 aliphatic rings. The molecular weight excluding hydrogens is 228 g/mol. The van der Waals surface area contributed by atoms with Crippen molar-refractivity contribution in [2.45, 2.75) is 51.0 Å². The van der Waals surface area contributed by atoms with Crippen LogP contribution in [0.3, 0.4) is 0 Å². The van der Waals surface area contributed by atoms with Crippen LogP contribution >= 0.6 is 0 Å². The molecule has 0 bridgehead atoms. The van der Waals surface area contributed by atoms with Gasteiger partial charge in [0.1, 0.15) is 0 Å². The predicted octanol–water partition coefficient (Wildman–Crippen LogP) is 1.45. The predicted molar refractivity (Wildman–Crippen MR) is 71.4 cm³/mol. The number of ether oxygens (including phenoxy) is 1. The highest BCUT2D eigenvalue weighted by atomic mass is 16.5. The van der Waals surface area contributed by atoms with Crippen molar-refractivity contribution < 1.29 is 9.53 Å². The second kappa shape index (κ2) is 7.74. The van der Waals surface area contributed by atoms with Gasteiger partial charge >= 0.3 is 0 Å². The van der Waals surface area contributed by atoms with Crippen molar-refractivity contribution in [3.05, 3.63) is 0 Å². The lowest BCUT2D eigenvalue weighted by molar-refractivity contribution is -0.121. The van der Waals surface area contributed by atoms with Crippen LogP contribution in [-0.4, -0.2) is 38.3 Å². The Morgan fingerprint density at radius 2 is 2.22 bits per heavy atom. The van der Waals surface area contributed by atoms with Gasteiger partial charge in [-0.25, -0.2) is 0 Å². The van der Waals surface area contributed by atoms with Gasteiger partial charge in [-0.2, -0.15) is 0 Å². The van der Waals surface area contributed by atoms with Gasteiger partial charge in [0.2, 0.25) is 5.91 Å². The minimum absolute atomic E-state index is 0.202. The Morgan fingerprint density at radius 3 is 2.94 bits per heavy atom. The first kappa shape index (κ1) is 13.8. The topological polar surface area (TPSA) is 50.4 Å². The summed E-state index contributed by atoms with van der Waals surface area (Å²) in [5.74, 6) is 0.725. The summed E-state index contributed by atoms with van der Waals surface area (Å²) in [4.78, 5) is 11.7. The number of rotatable bonds is 5. The van der Waals surface area contributed by atoms with Gasteiger partial charge in [-0.05, 0) is 44.6 Å². The van der Waals surface area contributed by atoms with Crippen LogP contribution in [0.15, 0.2) is 0 Å². The van der Waals surface area contributed by atoms with Crippen LogP contribution in [0.1, 0.15) is 44.9 Å². The molecule has 0 saturated carbocycles. The smallest absolute Gasteiger partial charge is 0.220 e. The van der Waals surface area contributed by atoms with Gasteiger partial charge in [0, 0.05) is 25.6 Å². The van der Waals surface area contributed by atoms with Crippen molar-refractivity contribution in [3.8, 4) is 0 Å². The summed E-state index contributed by atoms with van der Waals surface area (Å²) in [6, 6.07) is 0.558. The summed E-state index contributed by atoms with van der Waals surface area (Å²) >= 11 is 0. The monoisotopic (exact) mass is 254 g/mol. The van der Waals surface area contributed by atoms with Crippen molar-refractivity contribution in [3.63, 3.8) is 0 Å². The average molecular weight is 254 g/mol. The third-order valence-corrected chi connectivity index (χ3v) is 3.97. The van der Waals surface area contributed by atoms with Crippen LogP contribution < -0.4 is 10.6 Å². The number of amides is 1. The number of piperidine rings is 1. The standard InChI is InChI=1S/C14H26N2O2/c17-14(7-6-13-5-1-2-8-15-13)16-10-12-4-3-9-18-11-12/h12-13,15H,1-11H2,(H,16,17). The molecule has 2 rings (SSSR count). The van der Waals surface area contributed by atoms with E-state index in [4.69, 9.17) is 4.74 Å². The highest BCUT2D eigenvalue weighted by molar-refractivity contribution is 5.75. The van der Waals surface area contributed by atoms with E-state index >= 15 is 0 Å². The molecule has 2 fully saturated rings. The number of hydrogen-bond acceptors (Lipinski definition) is 3. The summed E-state index contributed by atoms with van der Waals surface area (Å²) in [5, 5.41) is 6.53. The van der Waals surface area contributed by atoms with E-state index < -0.39 is 0 Å². The van der Waals surface area contributed by atoms with Gasteiger partial charge in [-0.1, -0.05) is 6.42 Å². The zero-order valence-electron chi connectivity index (χ0n) is 11.2. The molecule has 2 saturated heterocycles. The summed E-state index contributed by atoms with van der Waals surface area (Å²) in [5.41, 5.74) is 0. The molecule has 104 valence electrons. The molecule has 0 radical (unpaired) electrons. The molecule has 4 heteroatoms. The molecule has 2 atom stereocenters. The van der Waals surface area contributed by atoms with Crippen LogP contribution in [0.25, 0.3) is 0 Å². The van der Waals surface area contributed by atoms with E-state index in [-0.39, 0.29) is 5.91 Å². The first-order valence-corrected chi connectivity index (χ1v) is 7.42. The molecule has 1 amide bonds. The number of nitrogens with one attached hydrogen (secondary N) is 2. The fraction of sp³-hybridized carbons (Fsp3) is 0.929. The zero-order chi connectivity index (χ0) is 12.6. The maximum Gasteiger partial charge on any atom is 0.220 e. The summed E-state index contributed by atoms with van der Waals surface area (Å²) in [6.45, 7) is 3.60. The van der Waals surface area contributed by atoms with Crippen LogP contribution in [0.2, 0.25) is 0 Å². The normalized spacial score (nSPS) is 28.9. The lowest BCUT2D eigenvalue weighted by atomic mass is 10.00. The largest absolute Gasteiger partial charge is 0.381 e. The Labute approximate surface area is 110 Å². The van der Waals surface area contributed by atoms with E-state index in [0.717, 1.165) is 39.1 Å². The highest BCUT2D eigenvalue weighted by Crippen LogP contribution is 2.13. The van der Waals surface area contributed by atoms with Gasteiger partial charge in [0.15, 0.2) is 0 Å². The van der Waals surface area contributed by atoms with Gasteiger partial charge in [0.25, 0.3) is 0 Å². The molecule has 0 aromatic rings. The lowest BCUT2D eigenvalue weighted by Gasteiger charge is -2.24. The van der Waals surface area contributed by atoms with E-state index in [2.05, 4.69) is 10.6 Å². The Kier molecular flexibility index (Phi) is 5.94. The second-order valence-corrected chi connectivity index (χ2v) is 5.57. The van der Waals surface area contributed by atoms with Gasteiger partial charge < -0.3 is 15.4 Å². The fourth-order valence-corrected chi connectivity index (χ4v) is 2.79. The van der Waals surface area contributed by atoms with E-state index in [0.29, 0.717) is 18.4 Å². The van der Waals surface area contributed by atoms with E-state index in [9.17, 15) is 4.79 Å². The minimum Gasteiger partial charge on any atom is -0.381 e. The van der Waals surface area contributed by atoms with Crippen LogP contribution in [0, 0.1) is 5.92 Å². The van der Waals surface area contributed by atoms with E-state index in [1.165, 1.54) is 25.7 Å². The molecule has 0 aromatic carbocycles. The highest BCUT2D eigenvalue weighted by Gasteiger charge is 2.16. The second-order valence-electron chi connectivity index (χ2n) is 5.57. The average Bonchev–Trinajstić information content (AvgIpc) is 2.45. The molecule has 2 aliphatic heterocycles. The number of carbonyl (C=O) groups is 1. The molecule has 0 spiro atoms. The summed E-state index contributed by atoms with van der Waals surface area (Å²) in [6.07, 6.45) is 7.77. The molecule has 18 heavy (non-hydrogen) atoms. The molecule has 0 aliphatic carbocycles. The van der Waals surface area contributed by atoms with Crippen LogP contribution in [0.5, 0.6) is 0 Å². The van der Waals surface area contributed by atoms with Crippen LogP contribution in [0.4, 0.5) is 0 Å². The van der Waals surface area contributed by atoms with E-state index in [1.54, 1.807) is 0 Å². The van der Waals surface area contributed by atoms with Gasteiger partial charge in [0.05, 0.1) is 6.61 Å². The Morgan fingerprint density at radius 1 is 1.28 bits per heavy atom. The quantitative estimate of drug-likeness (QED) is 0.781. The fourth-order valence-electron chi connectivity index (χ4n) is 2.79. The zero-order valence-corrected chi connectivity index (χ0v) is 11.2. The third kappa shape index (κ3) is 4.94. The summed E-state index contributed by atoms with van der Waals surface area (Å²) in [7, 11) is 0. The molecular formula is C14H26N2O2. The van der Waals surface area contributed by atoms with Crippen molar-refractivity contribution in [1.29, 1.82) is 0 Å². The maximum absolute atomic E-state index is 11.7. The molecule has 2 heterocycles. The van der Waals surface area contributed by atoms with Crippen molar-refractivity contribution in [1.82, 2.24) is 10.6 Å². The Hall–Kier alpha value is -0.610. The first-order valence-electron chi connectivity index (χ1n) is 7.42. The molecule has 0 aromatic heterocycles. The first-order chi connectivity index (χ1) is 8.84. The minimum atomic E-state index is 0.202. The SMILES string of the molecule is O=C(CCC1CCCCN1)NCC1CCCOC1. The summed E-state index contributed by atoms with van der Waals surface area (Å²) < 4.78 is 5.41. The third-order valence-electron chi connectivity index (χ3n) is 3.97. The maximum atomic E-state index is 11.7. The van der Waals surface area contributed by atoms with Crippen molar-refractivity contribution in [2.75, 3.05) is 26.3 Å². The number of hydrogen-bond donors (Lipinski definition) is 2. The molecule has 4 nitrogen and oxygen atoms in total. The lowest BCUT2D eigenvalue weighted by Crippen LogP contribution is -2.37. The van der Waals surface area contributed by atoms with Crippen molar-refractivity contribution in [2.24, 2.45) is 5.92 Å². The molecule has 2 unspecified atom stereocenters. The number of carbonyl (C=O) groups excluding carboxylic acids is 1. The van der Waals surface area contributed by atoms with Crippen LogP contribution in [-0.2, 0) is 9.53 Å². The molecule has 2 N–H and O–H groups in total. The van der Waals surface area contributed by atoms with Gasteiger partial charge in [-0.15, -0.1) is 0 Å². The Bertz CT molecular complexity index is 222. The van der Waals surface area contributed by atoms with Crippen molar-refractivity contribution >= 4 is 5.91 Å². The Balaban J connectivity index is 1.54. The van der Waals surface area contributed by atoms with E-state index in [1.807, 2.05) is 0 Å².